The van der Waals surface area contributed by atoms with Gasteiger partial charge in [0, 0.05) is 17.1 Å². The van der Waals surface area contributed by atoms with E-state index >= 15 is 0 Å². The van der Waals surface area contributed by atoms with E-state index in [2.05, 4.69) is 10.3 Å². The van der Waals surface area contributed by atoms with E-state index in [4.69, 9.17) is 4.74 Å². The molecule has 0 saturated heterocycles. The molecule has 0 bridgehead atoms. The predicted octanol–water partition coefficient (Wildman–Crippen LogP) is 1.75. The first-order valence-electron chi connectivity index (χ1n) is 4.96. The van der Waals surface area contributed by atoms with Crippen molar-refractivity contribution in [1.82, 2.24) is 10.3 Å². The summed E-state index contributed by atoms with van der Waals surface area (Å²) in [5.74, 6) is -0.214. The van der Waals surface area contributed by atoms with Crippen LogP contribution < -0.4 is 5.32 Å². The van der Waals surface area contributed by atoms with Crippen LogP contribution in [0, 0.1) is 0 Å². The van der Waals surface area contributed by atoms with Crippen LogP contribution in [0.3, 0.4) is 0 Å². The Bertz CT molecular complexity index is 300. The number of esters is 1. The molecule has 1 rings (SSSR count). The SMILES string of the molecule is CCOC(=O)C(C)NC(C)c1cncs1. The average Bonchev–Trinajstić information content (AvgIpc) is 2.70. The van der Waals surface area contributed by atoms with Crippen molar-refractivity contribution in [3.8, 4) is 0 Å². The van der Waals surface area contributed by atoms with E-state index in [0.717, 1.165) is 4.88 Å². The van der Waals surface area contributed by atoms with E-state index in [1.807, 2.05) is 6.92 Å². The van der Waals surface area contributed by atoms with Gasteiger partial charge in [-0.3, -0.25) is 15.1 Å². The fourth-order valence-corrected chi connectivity index (χ4v) is 1.87. The molecule has 2 unspecified atom stereocenters. The van der Waals surface area contributed by atoms with Gasteiger partial charge in [0.05, 0.1) is 12.1 Å². The fraction of sp³-hybridized carbons (Fsp3) is 0.600. The van der Waals surface area contributed by atoms with Crippen LogP contribution in [0.15, 0.2) is 11.7 Å². The molecule has 0 spiro atoms. The molecular formula is C10H16N2O2S. The first kappa shape index (κ1) is 12.1. The number of hydrogen-bond donors (Lipinski definition) is 1. The maximum absolute atomic E-state index is 11.4. The van der Waals surface area contributed by atoms with Crippen molar-refractivity contribution in [3.63, 3.8) is 0 Å². The number of ether oxygens (including phenoxy) is 1. The number of aromatic nitrogens is 1. The van der Waals surface area contributed by atoms with Crippen molar-refractivity contribution in [2.24, 2.45) is 0 Å². The normalized spacial score (nSPS) is 14.6. The van der Waals surface area contributed by atoms with Gasteiger partial charge in [-0.25, -0.2) is 0 Å². The zero-order chi connectivity index (χ0) is 11.3. The lowest BCUT2D eigenvalue weighted by Gasteiger charge is -2.17. The molecule has 0 saturated carbocycles. The Kier molecular flexibility index (Phi) is 4.71. The first-order chi connectivity index (χ1) is 7.15. The molecule has 0 fully saturated rings. The van der Waals surface area contributed by atoms with Gasteiger partial charge in [0.1, 0.15) is 6.04 Å². The quantitative estimate of drug-likeness (QED) is 0.780. The summed E-state index contributed by atoms with van der Waals surface area (Å²) < 4.78 is 4.91. The summed E-state index contributed by atoms with van der Waals surface area (Å²) in [7, 11) is 0. The Labute approximate surface area is 93.7 Å². The van der Waals surface area contributed by atoms with Gasteiger partial charge >= 0.3 is 5.97 Å². The molecule has 0 aliphatic heterocycles. The van der Waals surface area contributed by atoms with Gasteiger partial charge in [-0.1, -0.05) is 0 Å². The molecule has 0 radical (unpaired) electrons. The highest BCUT2D eigenvalue weighted by Gasteiger charge is 2.17. The number of nitrogens with one attached hydrogen (secondary N) is 1. The van der Waals surface area contributed by atoms with Crippen LogP contribution in [0.2, 0.25) is 0 Å². The molecule has 5 heteroatoms. The Balaban J connectivity index is 2.44. The van der Waals surface area contributed by atoms with E-state index in [1.165, 1.54) is 0 Å². The second kappa shape index (κ2) is 5.82. The second-order valence-electron chi connectivity index (χ2n) is 3.27. The third-order valence-corrected chi connectivity index (χ3v) is 2.98. The minimum Gasteiger partial charge on any atom is -0.465 e. The van der Waals surface area contributed by atoms with E-state index in [9.17, 15) is 4.79 Å². The highest BCUT2D eigenvalue weighted by Crippen LogP contribution is 2.16. The zero-order valence-corrected chi connectivity index (χ0v) is 10.0. The maximum atomic E-state index is 11.4. The van der Waals surface area contributed by atoms with Gasteiger partial charge in [-0.2, -0.15) is 0 Å². The maximum Gasteiger partial charge on any atom is 0.322 e. The molecule has 1 heterocycles. The topological polar surface area (TPSA) is 51.2 Å². The molecule has 1 aromatic heterocycles. The molecule has 0 aromatic carbocycles. The highest BCUT2D eigenvalue weighted by molar-refractivity contribution is 7.09. The van der Waals surface area contributed by atoms with Gasteiger partial charge in [-0.05, 0) is 20.8 Å². The van der Waals surface area contributed by atoms with E-state index < -0.39 is 0 Å². The summed E-state index contributed by atoms with van der Waals surface area (Å²) >= 11 is 1.57. The van der Waals surface area contributed by atoms with Crippen molar-refractivity contribution in [1.29, 1.82) is 0 Å². The largest absolute Gasteiger partial charge is 0.465 e. The first-order valence-corrected chi connectivity index (χ1v) is 5.84. The van der Waals surface area contributed by atoms with E-state index in [1.54, 1.807) is 36.9 Å². The minimum atomic E-state index is -0.290. The Morgan fingerprint density at radius 2 is 2.40 bits per heavy atom. The third-order valence-electron chi connectivity index (χ3n) is 2.02. The van der Waals surface area contributed by atoms with Crippen LogP contribution in [-0.4, -0.2) is 23.6 Å². The molecule has 0 aliphatic rings. The molecule has 15 heavy (non-hydrogen) atoms. The molecule has 0 amide bonds. The average molecular weight is 228 g/mol. The Morgan fingerprint density at radius 1 is 1.67 bits per heavy atom. The summed E-state index contributed by atoms with van der Waals surface area (Å²) in [6.45, 7) is 6.02. The van der Waals surface area contributed by atoms with Crippen LogP contribution in [0.5, 0.6) is 0 Å². The van der Waals surface area contributed by atoms with Crippen molar-refractivity contribution in [3.05, 3.63) is 16.6 Å². The zero-order valence-electron chi connectivity index (χ0n) is 9.19. The molecule has 4 nitrogen and oxygen atoms in total. The highest BCUT2D eigenvalue weighted by atomic mass is 32.1. The lowest BCUT2D eigenvalue weighted by molar-refractivity contribution is -0.145. The van der Waals surface area contributed by atoms with Crippen LogP contribution in [0.4, 0.5) is 0 Å². The fourth-order valence-electron chi connectivity index (χ4n) is 1.23. The molecule has 84 valence electrons. The number of thiazole rings is 1. The van der Waals surface area contributed by atoms with Crippen LogP contribution in [0.1, 0.15) is 31.7 Å². The minimum absolute atomic E-state index is 0.122. The Hall–Kier alpha value is -0.940. The molecule has 2 atom stereocenters. The van der Waals surface area contributed by atoms with E-state index in [0.29, 0.717) is 6.61 Å². The van der Waals surface area contributed by atoms with Crippen LogP contribution in [0.25, 0.3) is 0 Å². The van der Waals surface area contributed by atoms with E-state index in [-0.39, 0.29) is 18.1 Å². The second-order valence-corrected chi connectivity index (χ2v) is 4.18. The smallest absolute Gasteiger partial charge is 0.322 e. The lowest BCUT2D eigenvalue weighted by atomic mass is 10.2. The molecule has 0 aliphatic carbocycles. The summed E-state index contributed by atoms with van der Waals surface area (Å²) in [4.78, 5) is 16.5. The predicted molar refractivity (Wildman–Crippen MR) is 59.8 cm³/mol. The van der Waals surface area contributed by atoms with Crippen LogP contribution >= 0.6 is 11.3 Å². The van der Waals surface area contributed by atoms with Crippen LogP contribution in [-0.2, 0) is 9.53 Å². The summed E-state index contributed by atoms with van der Waals surface area (Å²) in [5.41, 5.74) is 1.78. The Morgan fingerprint density at radius 3 is 2.93 bits per heavy atom. The van der Waals surface area contributed by atoms with Crippen molar-refractivity contribution in [2.75, 3.05) is 6.61 Å². The van der Waals surface area contributed by atoms with Crippen molar-refractivity contribution >= 4 is 17.3 Å². The summed E-state index contributed by atoms with van der Waals surface area (Å²) in [6, 6.07) is -0.168. The lowest BCUT2D eigenvalue weighted by Crippen LogP contribution is -2.36. The van der Waals surface area contributed by atoms with Gasteiger partial charge in [0.25, 0.3) is 0 Å². The standard InChI is InChI=1S/C10H16N2O2S/c1-4-14-10(13)8(3)12-7(2)9-5-11-6-15-9/h5-8,12H,4H2,1-3H3. The molecular weight excluding hydrogens is 212 g/mol. The van der Waals surface area contributed by atoms with Gasteiger partial charge in [0.2, 0.25) is 0 Å². The number of carbonyl (C=O) groups is 1. The summed E-state index contributed by atoms with van der Waals surface area (Å²) in [6.07, 6.45) is 1.81. The molecule has 1 N–H and O–H groups in total. The number of rotatable bonds is 5. The van der Waals surface area contributed by atoms with Crippen molar-refractivity contribution in [2.45, 2.75) is 32.9 Å². The van der Waals surface area contributed by atoms with Gasteiger partial charge < -0.3 is 4.74 Å². The van der Waals surface area contributed by atoms with Gasteiger partial charge in [0.15, 0.2) is 0 Å². The summed E-state index contributed by atoms with van der Waals surface area (Å²) in [5, 5.41) is 3.16. The number of carbonyl (C=O) groups excluding carboxylic acids is 1. The number of hydrogen-bond acceptors (Lipinski definition) is 5. The molecule has 1 aromatic rings. The van der Waals surface area contributed by atoms with Crippen molar-refractivity contribution < 1.29 is 9.53 Å². The monoisotopic (exact) mass is 228 g/mol. The number of nitrogens with zero attached hydrogens (tertiary/aromatic N) is 1. The third kappa shape index (κ3) is 3.60. The van der Waals surface area contributed by atoms with Gasteiger partial charge in [-0.15, -0.1) is 11.3 Å².